The Morgan fingerprint density at radius 3 is 2.69 bits per heavy atom. The Balaban J connectivity index is 1.72. The largest absolute Gasteiger partial charge is 0.491 e. The van der Waals surface area contributed by atoms with Gasteiger partial charge in [-0.25, -0.2) is 9.97 Å². The van der Waals surface area contributed by atoms with Crippen molar-refractivity contribution in [3.63, 3.8) is 0 Å². The molecule has 0 aliphatic carbocycles. The summed E-state index contributed by atoms with van der Waals surface area (Å²) in [6.45, 7) is 6.53. The monoisotopic (exact) mass is 353 g/mol. The number of nitrogens with zero attached hydrogens (tertiary/aromatic N) is 3. The van der Waals surface area contributed by atoms with Crippen LogP contribution in [0.15, 0.2) is 53.7 Å². The standard InChI is InChI=1S/C20H23N3O3/c1-20(2,3)16-8-4-5-9-17(16)26-12-14(24)11-23-13-22-18-15(19(23)25)7-6-10-21-18/h4-10,13-14,24H,11-12H2,1-3H3/t14-/m0/s1. The number of hydrogen-bond donors (Lipinski definition) is 1. The molecule has 0 saturated heterocycles. The second kappa shape index (κ2) is 7.25. The average Bonchev–Trinajstić information content (AvgIpc) is 2.62. The van der Waals surface area contributed by atoms with E-state index in [1.807, 2.05) is 24.3 Å². The van der Waals surface area contributed by atoms with Crippen LogP contribution in [0, 0.1) is 0 Å². The van der Waals surface area contributed by atoms with Crippen LogP contribution >= 0.6 is 0 Å². The van der Waals surface area contributed by atoms with Crippen molar-refractivity contribution in [2.75, 3.05) is 6.61 Å². The molecule has 0 spiro atoms. The quantitative estimate of drug-likeness (QED) is 0.763. The molecule has 1 atom stereocenters. The fraction of sp³-hybridized carbons (Fsp3) is 0.350. The van der Waals surface area contributed by atoms with Crippen molar-refractivity contribution in [2.24, 2.45) is 0 Å². The highest BCUT2D eigenvalue weighted by atomic mass is 16.5. The minimum Gasteiger partial charge on any atom is -0.491 e. The highest BCUT2D eigenvalue weighted by Crippen LogP contribution is 2.30. The molecule has 0 aliphatic heterocycles. The first-order chi connectivity index (χ1) is 12.4. The second-order valence-corrected chi connectivity index (χ2v) is 7.29. The van der Waals surface area contributed by atoms with E-state index in [4.69, 9.17) is 4.74 Å². The predicted octanol–water partition coefficient (Wildman–Crippen LogP) is 2.53. The van der Waals surface area contributed by atoms with Crippen molar-refractivity contribution in [3.8, 4) is 5.75 Å². The zero-order valence-electron chi connectivity index (χ0n) is 15.2. The molecule has 6 heteroatoms. The van der Waals surface area contributed by atoms with Gasteiger partial charge >= 0.3 is 0 Å². The zero-order chi connectivity index (χ0) is 18.7. The summed E-state index contributed by atoms with van der Waals surface area (Å²) in [5.41, 5.74) is 1.19. The molecule has 2 heterocycles. The number of fused-ring (bicyclic) bond motifs is 1. The van der Waals surface area contributed by atoms with Crippen LogP contribution < -0.4 is 10.3 Å². The van der Waals surface area contributed by atoms with Crippen molar-refractivity contribution in [1.82, 2.24) is 14.5 Å². The van der Waals surface area contributed by atoms with Crippen LogP contribution in [-0.4, -0.2) is 32.4 Å². The number of pyridine rings is 1. The van der Waals surface area contributed by atoms with Crippen LogP contribution in [0.1, 0.15) is 26.3 Å². The van der Waals surface area contributed by atoms with Gasteiger partial charge in [-0.3, -0.25) is 9.36 Å². The molecule has 0 bridgehead atoms. The van der Waals surface area contributed by atoms with Gasteiger partial charge in [0.25, 0.3) is 5.56 Å². The third-order valence-electron chi connectivity index (χ3n) is 4.13. The number of aliphatic hydroxyl groups excluding tert-OH is 1. The van der Waals surface area contributed by atoms with Gasteiger partial charge in [0.1, 0.15) is 24.8 Å². The van der Waals surface area contributed by atoms with E-state index in [-0.39, 0.29) is 24.1 Å². The van der Waals surface area contributed by atoms with E-state index in [0.717, 1.165) is 11.3 Å². The van der Waals surface area contributed by atoms with Gasteiger partial charge in [0.05, 0.1) is 11.9 Å². The van der Waals surface area contributed by atoms with Gasteiger partial charge < -0.3 is 9.84 Å². The van der Waals surface area contributed by atoms with E-state index in [9.17, 15) is 9.90 Å². The zero-order valence-corrected chi connectivity index (χ0v) is 15.2. The van der Waals surface area contributed by atoms with Crippen molar-refractivity contribution in [2.45, 2.75) is 38.8 Å². The number of hydrogen-bond acceptors (Lipinski definition) is 5. The molecule has 0 unspecified atom stereocenters. The van der Waals surface area contributed by atoms with Crippen molar-refractivity contribution < 1.29 is 9.84 Å². The molecule has 0 amide bonds. The lowest BCUT2D eigenvalue weighted by molar-refractivity contribution is 0.0905. The summed E-state index contributed by atoms with van der Waals surface area (Å²) in [6, 6.07) is 11.2. The van der Waals surface area contributed by atoms with Crippen LogP contribution in [0.5, 0.6) is 5.75 Å². The first-order valence-electron chi connectivity index (χ1n) is 8.57. The van der Waals surface area contributed by atoms with Gasteiger partial charge in [0.2, 0.25) is 0 Å². The summed E-state index contributed by atoms with van der Waals surface area (Å²) in [5, 5.41) is 10.8. The molecule has 3 rings (SSSR count). The first-order valence-corrected chi connectivity index (χ1v) is 8.57. The molecular weight excluding hydrogens is 330 g/mol. The molecule has 3 aromatic rings. The highest BCUT2D eigenvalue weighted by molar-refractivity contribution is 5.72. The maximum atomic E-state index is 12.5. The molecule has 0 fully saturated rings. The molecule has 136 valence electrons. The Bertz CT molecular complexity index is 960. The maximum Gasteiger partial charge on any atom is 0.262 e. The van der Waals surface area contributed by atoms with E-state index in [1.165, 1.54) is 10.9 Å². The molecule has 0 radical (unpaired) electrons. The van der Waals surface area contributed by atoms with Gasteiger partial charge in [-0.15, -0.1) is 0 Å². The Morgan fingerprint density at radius 1 is 1.15 bits per heavy atom. The van der Waals surface area contributed by atoms with Gasteiger partial charge in [-0.1, -0.05) is 39.0 Å². The maximum absolute atomic E-state index is 12.5. The normalized spacial score (nSPS) is 12.9. The Morgan fingerprint density at radius 2 is 1.92 bits per heavy atom. The third kappa shape index (κ3) is 3.91. The Kier molecular flexibility index (Phi) is 5.04. The molecule has 2 aromatic heterocycles. The predicted molar refractivity (Wildman–Crippen MR) is 100 cm³/mol. The van der Waals surface area contributed by atoms with Crippen LogP contribution in [-0.2, 0) is 12.0 Å². The van der Waals surface area contributed by atoms with Crippen LogP contribution in [0.3, 0.4) is 0 Å². The number of ether oxygens (including phenoxy) is 1. The summed E-state index contributed by atoms with van der Waals surface area (Å²) in [4.78, 5) is 20.7. The average molecular weight is 353 g/mol. The Labute approximate surface area is 152 Å². The number of aliphatic hydroxyl groups is 1. The first kappa shape index (κ1) is 18.1. The summed E-state index contributed by atoms with van der Waals surface area (Å²) in [6.07, 6.45) is 2.16. The van der Waals surface area contributed by atoms with Crippen molar-refractivity contribution in [1.29, 1.82) is 0 Å². The number of benzene rings is 1. The summed E-state index contributed by atoms with van der Waals surface area (Å²) in [7, 11) is 0. The minimum absolute atomic E-state index is 0.0618. The lowest BCUT2D eigenvalue weighted by Crippen LogP contribution is -2.30. The molecular formula is C20H23N3O3. The van der Waals surface area contributed by atoms with E-state index in [0.29, 0.717) is 11.0 Å². The molecule has 6 nitrogen and oxygen atoms in total. The van der Waals surface area contributed by atoms with Crippen LogP contribution in [0.25, 0.3) is 11.0 Å². The topological polar surface area (TPSA) is 77.2 Å². The molecule has 0 aliphatic rings. The number of aromatic nitrogens is 3. The van der Waals surface area contributed by atoms with E-state index < -0.39 is 6.10 Å². The van der Waals surface area contributed by atoms with E-state index >= 15 is 0 Å². The van der Waals surface area contributed by atoms with Crippen LogP contribution in [0.2, 0.25) is 0 Å². The fourth-order valence-corrected chi connectivity index (χ4v) is 2.81. The van der Waals surface area contributed by atoms with Gasteiger partial charge in [0, 0.05) is 6.20 Å². The van der Waals surface area contributed by atoms with Crippen molar-refractivity contribution in [3.05, 3.63) is 64.8 Å². The van der Waals surface area contributed by atoms with Crippen molar-refractivity contribution >= 4 is 11.0 Å². The summed E-state index contributed by atoms with van der Waals surface area (Å²) >= 11 is 0. The molecule has 1 N–H and O–H groups in total. The molecule has 26 heavy (non-hydrogen) atoms. The SMILES string of the molecule is CC(C)(C)c1ccccc1OC[C@@H](O)Cn1cnc2ncccc2c1=O. The lowest BCUT2D eigenvalue weighted by atomic mass is 9.86. The second-order valence-electron chi connectivity index (χ2n) is 7.29. The van der Waals surface area contributed by atoms with Gasteiger partial charge in [-0.05, 0) is 29.2 Å². The smallest absolute Gasteiger partial charge is 0.262 e. The third-order valence-corrected chi connectivity index (χ3v) is 4.13. The van der Waals surface area contributed by atoms with Crippen LogP contribution in [0.4, 0.5) is 0 Å². The number of rotatable bonds is 5. The molecule has 0 saturated carbocycles. The summed E-state index contributed by atoms with van der Waals surface area (Å²) < 4.78 is 7.21. The van der Waals surface area contributed by atoms with Gasteiger partial charge in [-0.2, -0.15) is 0 Å². The molecule has 1 aromatic carbocycles. The minimum atomic E-state index is -0.836. The highest BCUT2D eigenvalue weighted by Gasteiger charge is 2.19. The lowest BCUT2D eigenvalue weighted by Gasteiger charge is -2.23. The fourth-order valence-electron chi connectivity index (χ4n) is 2.81. The summed E-state index contributed by atoms with van der Waals surface area (Å²) in [5.74, 6) is 0.743. The Hall–Kier alpha value is -2.73. The number of para-hydroxylation sites is 1. The van der Waals surface area contributed by atoms with E-state index in [2.05, 4.69) is 30.7 Å². The van der Waals surface area contributed by atoms with E-state index in [1.54, 1.807) is 18.3 Å². The van der Waals surface area contributed by atoms with Gasteiger partial charge in [0.15, 0.2) is 5.65 Å².